The fourth-order valence-electron chi connectivity index (χ4n) is 2.19. The van der Waals surface area contributed by atoms with Gasteiger partial charge in [-0.2, -0.15) is 0 Å². The Morgan fingerprint density at radius 2 is 1.95 bits per heavy atom. The maximum atomic E-state index is 11.7. The van der Waals surface area contributed by atoms with E-state index in [0.29, 0.717) is 10.0 Å². The van der Waals surface area contributed by atoms with Crippen LogP contribution in [0.1, 0.15) is 25.7 Å². The molecule has 0 heterocycles. The van der Waals surface area contributed by atoms with Gasteiger partial charge in [-0.1, -0.05) is 36.0 Å². The second kappa shape index (κ2) is 7.92. The summed E-state index contributed by atoms with van der Waals surface area (Å²) >= 11 is 13.1. The van der Waals surface area contributed by atoms with Crippen molar-refractivity contribution >= 4 is 46.9 Å². The zero-order valence-electron chi connectivity index (χ0n) is 11.3. The third-order valence-corrected chi connectivity index (χ3v) is 4.93. The van der Waals surface area contributed by atoms with Gasteiger partial charge < -0.3 is 5.32 Å². The minimum absolute atomic E-state index is 0.109. The molecule has 21 heavy (non-hydrogen) atoms. The van der Waals surface area contributed by atoms with E-state index in [-0.39, 0.29) is 17.7 Å². The molecule has 7 heteroatoms. The molecule has 2 rings (SSSR count). The van der Waals surface area contributed by atoms with Gasteiger partial charge in [0, 0.05) is 16.0 Å². The van der Waals surface area contributed by atoms with Gasteiger partial charge in [0.1, 0.15) is 0 Å². The summed E-state index contributed by atoms with van der Waals surface area (Å²) in [5.41, 5.74) is 0. The number of rotatable bonds is 4. The summed E-state index contributed by atoms with van der Waals surface area (Å²) in [6.45, 7) is 0. The Balaban J connectivity index is 1.76. The first-order valence-electron chi connectivity index (χ1n) is 6.73. The Hall–Kier alpha value is -0.910. The zero-order valence-corrected chi connectivity index (χ0v) is 13.7. The van der Waals surface area contributed by atoms with Gasteiger partial charge in [0.2, 0.25) is 5.91 Å². The lowest BCUT2D eigenvalue weighted by Crippen LogP contribution is -2.44. The molecular formula is C14H16Cl2N2O2S. The summed E-state index contributed by atoms with van der Waals surface area (Å²) in [6, 6.07) is 4.82. The van der Waals surface area contributed by atoms with Crippen molar-refractivity contribution < 1.29 is 9.59 Å². The van der Waals surface area contributed by atoms with E-state index in [4.69, 9.17) is 23.2 Å². The second-order valence-electron chi connectivity index (χ2n) is 4.87. The maximum Gasteiger partial charge on any atom is 0.321 e. The molecule has 0 radical (unpaired) electrons. The highest BCUT2D eigenvalue weighted by Gasteiger charge is 2.18. The highest BCUT2D eigenvalue weighted by atomic mass is 35.5. The van der Waals surface area contributed by atoms with Crippen molar-refractivity contribution in [3.63, 3.8) is 0 Å². The molecule has 0 aliphatic heterocycles. The van der Waals surface area contributed by atoms with E-state index in [1.54, 1.807) is 18.2 Å². The molecule has 1 aromatic rings. The fraction of sp³-hybridized carbons (Fsp3) is 0.429. The van der Waals surface area contributed by atoms with Crippen molar-refractivity contribution in [1.82, 2.24) is 10.6 Å². The second-order valence-corrected chi connectivity index (χ2v) is 6.73. The predicted octanol–water partition coefficient (Wildman–Crippen LogP) is 3.85. The number of benzene rings is 1. The van der Waals surface area contributed by atoms with Crippen LogP contribution in [-0.4, -0.2) is 23.7 Å². The lowest BCUT2D eigenvalue weighted by Gasteiger charge is -2.12. The van der Waals surface area contributed by atoms with E-state index in [0.717, 1.165) is 30.6 Å². The van der Waals surface area contributed by atoms with Crippen LogP contribution in [0.5, 0.6) is 0 Å². The van der Waals surface area contributed by atoms with Crippen molar-refractivity contribution in [3.05, 3.63) is 28.2 Å². The summed E-state index contributed by atoms with van der Waals surface area (Å²) in [6.07, 6.45) is 4.22. The van der Waals surface area contributed by atoms with Gasteiger partial charge in [0.05, 0.1) is 10.8 Å². The van der Waals surface area contributed by atoms with Crippen molar-refractivity contribution in [2.75, 3.05) is 5.75 Å². The maximum absolute atomic E-state index is 11.7. The van der Waals surface area contributed by atoms with Crippen molar-refractivity contribution in [1.29, 1.82) is 0 Å². The van der Waals surface area contributed by atoms with E-state index in [2.05, 4.69) is 10.6 Å². The first-order valence-corrected chi connectivity index (χ1v) is 8.47. The number of imide groups is 1. The largest absolute Gasteiger partial charge is 0.335 e. The van der Waals surface area contributed by atoms with Gasteiger partial charge >= 0.3 is 6.03 Å². The quantitative estimate of drug-likeness (QED) is 0.814. The molecule has 0 spiro atoms. The number of hydrogen-bond donors (Lipinski definition) is 2. The van der Waals surface area contributed by atoms with Crippen LogP contribution in [0.15, 0.2) is 23.1 Å². The normalized spacial score (nSPS) is 15.0. The minimum Gasteiger partial charge on any atom is -0.335 e. The van der Waals surface area contributed by atoms with Crippen LogP contribution < -0.4 is 10.6 Å². The van der Waals surface area contributed by atoms with Crippen LogP contribution in [0.3, 0.4) is 0 Å². The Bertz CT molecular complexity index is 534. The van der Waals surface area contributed by atoms with E-state index in [1.165, 1.54) is 11.8 Å². The van der Waals surface area contributed by atoms with Crippen LogP contribution in [0.2, 0.25) is 10.0 Å². The van der Waals surface area contributed by atoms with Crippen LogP contribution in [0.25, 0.3) is 0 Å². The number of halogens is 2. The van der Waals surface area contributed by atoms with Crippen LogP contribution >= 0.6 is 35.0 Å². The zero-order chi connectivity index (χ0) is 15.2. The number of hydrogen-bond acceptors (Lipinski definition) is 3. The Morgan fingerprint density at radius 3 is 2.67 bits per heavy atom. The Morgan fingerprint density at radius 1 is 1.24 bits per heavy atom. The molecule has 1 fully saturated rings. The van der Waals surface area contributed by atoms with Gasteiger partial charge in [-0.25, -0.2) is 4.79 Å². The number of urea groups is 1. The van der Waals surface area contributed by atoms with Gasteiger partial charge in [-0.3, -0.25) is 10.1 Å². The van der Waals surface area contributed by atoms with Crippen LogP contribution in [0, 0.1) is 0 Å². The van der Waals surface area contributed by atoms with Gasteiger partial charge in [0.15, 0.2) is 0 Å². The van der Waals surface area contributed by atoms with Crippen molar-refractivity contribution in [2.45, 2.75) is 36.6 Å². The molecule has 2 N–H and O–H groups in total. The molecule has 0 unspecified atom stereocenters. The molecule has 0 saturated heterocycles. The first kappa shape index (κ1) is 16.5. The van der Waals surface area contributed by atoms with Crippen LogP contribution in [-0.2, 0) is 4.79 Å². The molecule has 0 bridgehead atoms. The molecule has 1 saturated carbocycles. The minimum atomic E-state index is -0.426. The highest BCUT2D eigenvalue weighted by Crippen LogP contribution is 2.29. The Labute approximate surface area is 137 Å². The monoisotopic (exact) mass is 346 g/mol. The molecule has 4 nitrogen and oxygen atoms in total. The van der Waals surface area contributed by atoms with Crippen LogP contribution in [0.4, 0.5) is 4.79 Å². The van der Waals surface area contributed by atoms with Gasteiger partial charge in [-0.05, 0) is 31.0 Å². The third-order valence-electron chi connectivity index (χ3n) is 3.20. The van der Waals surface area contributed by atoms with Crippen molar-refractivity contribution in [2.24, 2.45) is 0 Å². The molecule has 1 aliphatic carbocycles. The van der Waals surface area contributed by atoms with Crippen molar-refractivity contribution in [3.8, 4) is 0 Å². The standard InChI is InChI=1S/C14H16Cl2N2O2S/c15-9-5-6-11(16)12(7-9)21-8-13(19)18-14(20)17-10-3-1-2-4-10/h5-7,10H,1-4,8H2,(H2,17,18,19,20). The molecule has 1 aliphatic rings. The van der Waals surface area contributed by atoms with E-state index < -0.39 is 6.03 Å². The van der Waals surface area contributed by atoms with E-state index >= 15 is 0 Å². The lowest BCUT2D eigenvalue weighted by molar-refractivity contribution is -0.117. The topological polar surface area (TPSA) is 58.2 Å². The summed E-state index contributed by atoms with van der Waals surface area (Å²) < 4.78 is 0. The number of amides is 3. The highest BCUT2D eigenvalue weighted by molar-refractivity contribution is 8.00. The molecular weight excluding hydrogens is 331 g/mol. The van der Waals surface area contributed by atoms with E-state index in [9.17, 15) is 9.59 Å². The number of thioether (sulfide) groups is 1. The SMILES string of the molecule is O=C(CSc1cc(Cl)ccc1Cl)NC(=O)NC1CCCC1. The molecule has 0 aromatic heterocycles. The number of nitrogens with one attached hydrogen (secondary N) is 2. The predicted molar refractivity (Wildman–Crippen MR) is 86.1 cm³/mol. The third kappa shape index (κ3) is 5.41. The Kier molecular flexibility index (Phi) is 6.21. The fourth-order valence-corrected chi connectivity index (χ4v) is 3.48. The summed E-state index contributed by atoms with van der Waals surface area (Å²) in [7, 11) is 0. The van der Waals surface area contributed by atoms with Gasteiger partial charge in [0.25, 0.3) is 0 Å². The molecule has 1 aromatic carbocycles. The molecule has 114 valence electrons. The summed E-state index contributed by atoms with van der Waals surface area (Å²) in [5.74, 6) is -0.246. The smallest absolute Gasteiger partial charge is 0.321 e. The summed E-state index contributed by atoms with van der Waals surface area (Å²) in [5, 5.41) is 6.22. The summed E-state index contributed by atoms with van der Waals surface area (Å²) in [4.78, 5) is 24.1. The lowest BCUT2D eigenvalue weighted by atomic mass is 10.2. The first-order chi connectivity index (χ1) is 10.0. The van der Waals surface area contributed by atoms with E-state index in [1.807, 2.05) is 0 Å². The molecule has 0 atom stereocenters. The molecule has 3 amide bonds. The average Bonchev–Trinajstić information content (AvgIpc) is 2.92. The average molecular weight is 347 g/mol. The number of carbonyl (C=O) groups excluding carboxylic acids is 2. The number of carbonyl (C=O) groups is 2. The van der Waals surface area contributed by atoms with Gasteiger partial charge in [-0.15, -0.1) is 11.8 Å².